The summed E-state index contributed by atoms with van der Waals surface area (Å²) in [5, 5.41) is 3.43. The van der Waals surface area contributed by atoms with Gasteiger partial charge in [0.25, 0.3) is 5.56 Å². The molecule has 0 radical (unpaired) electrons. The lowest BCUT2D eigenvalue weighted by Crippen LogP contribution is -2.40. The van der Waals surface area contributed by atoms with Crippen molar-refractivity contribution >= 4 is 16.9 Å². The SMILES string of the molecule is CC(C)n1c(=O)c(NC2CCN(Cc3ccccc3)CC2)nc2ccncc21. The Balaban J connectivity index is 1.47. The lowest BCUT2D eigenvalue weighted by Gasteiger charge is -2.32. The number of piperidine rings is 1. The van der Waals surface area contributed by atoms with Gasteiger partial charge in [0, 0.05) is 37.9 Å². The van der Waals surface area contributed by atoms with Crippen LogP contribution in [-0.2, 0) is 6.54 Å². The minimum atomic E-state index is -0.0674. The number of nitrogens with zero attached hydrogens (tertiary/aromatic N) is 4. The van der Waals surface area contributed by atoms with E-state index in [0.29, 0.717) is 5.82 Å². The Morgan fingerprint density at radius 3 is 2.61 bits per heavy atom. The lowest BCUT2D eigenvalue weighted by molar-refractivity contribution is 0.211. The molecule has 4 rings (SSSR count). The summed E-state index contributed by atoms with van der Waals surface area (Å²) in [6, 6.07) is 12.8. The molecule has 6 heteroatoms. The van der Waals surface area contributed by atoms with Crippen molar-refractivity contribution in [2.75, 3.05) is 18.4 Å². The minimum absolute atomic E-state index is 0.0514. The van der Waals surface area contributed by atoms with Gasteiger partial charge in [-0.3, -0.25) is 19.2 Å². The average molecular weight is 377 g/mol. The van der Waals surface area contributed by atoms with Crippen LogP contribution < -0.4 is 10.9 Å². The molecule has 0 amide bonds. The molecule has 28 heavy (non-hydrogen) atoms. The zero-order valence-corrected chi connectivity index (χ0v) is 16.5. The lowest BCUT2D eigenvalue weighted by atomic mass is 10.0. The zero-order valence-electron chi connectivity index (χ0n) is 16.5. The summed E-state index contributed by atoms with van der Waals surface area (Å²) in [7, 11) is 0. The van der Waals surface area contributed by atoms with Crippen LogP contribution in [0.5, 0.6) is 0 Å². The first kappa shape index (κ1) is 18.6. The summed E-state index contributed by atoms with van der Waals surface area (Å²) in [5.74, 6) is 0.453. The van der Waals surface area contributed by atoms with E-state index in [9.17, 15) is 4.79 Å². The molecule has 6 nitrogen and oxygen atoms in total. The number of likely N-dealkylation sites (tertiary alicyclic amines) is 1. The fourth-order valence-electron chi connectivity index (χ4n) is 3.93. The molecule has 3 heterocycles. The maximum Gasteiger partial charge on any atom is 0.294 e. The molecule has 0 atom stereocenters. The number of anilines is 1. The van der Waals surface area contributed by atoms with Crippen LogP contribution in [0.1, 0.15) is 38.3 Å². The highest BCUT2D eigenvalue weighted by molar-refractivity contribution is 5.75. The standard InChI is InChI=1S/C22H27N5O/c1-16(2)27-20-14-23-11-8-19(20)25-21(22(27)28)24-18-9-12-26(13-10-18)15-17-6-4-3-5-7-17/h3-8,11,14,16,18H,9-10,12-13,15H2,1-2H3,(H,24,25). The smallest absolute Gasteiger partial charge is 0.294 e. The van der Waals surface area contributed by atoms with Crippen LogP contribution in [-0.4, -0.2) is 38.6 Å². The molecule has 0 spiro atoms. The molecule has 2 aromatic heterocycles. The summed E-state index contributed by atoms with van der Waals surface area (Å²) in [6.07, 6.45) is 5.44. The Kier molecular flexibility index (Phi) is 5.39. The van der Waals surface area contributed by atoms with Crippen LogP contribution in [0.15, 0.2) is 53.6 Å². The van der Waals surface area contributed by atoms with E-state index in [1.165, 1.54) is 5.56 Å². The number of pyridine rings is 1. The fourth-order valence-corrected chi connectivity index (χ4v) is 3.93. The average Bonchev–Trinajstić information content (AvgIpc) is 2.70. The third-order valence-electron chi connectivity index (χ3n) is 5.38. The van der Waals surface area contributed by atoms with Crippen molar-refractivity contribution in [1.82, 2.24) is 19.4 Å². The predicted molar refractivity (Wildman–Crippen MR) is 113 cm³/mol. The topological polar surface area (TPSA) is 63.1 Å². The molecular formula is C22H27N5O. The Labute approximate surface area is 165 Å². The van der Waals surface area contributed by atoms with Gasteiger partial charge in [0.05, 0.1) is 17.2 Å². The van der Waals surface area contributed by atoms with Gasteiger partial charge in [0.2, 0.25) is 0 Å². The summed E-state index contributed by atoms with van der Waals surface area (Å²) in [6.45, 7) is 7.04. The third kappa shape index (κ3) is 3.92. The quantitative estimate of drug-likeness (QED) is 0.738. The van der Waals surface area contributed by atoms with Crippen molar-refractivity contribution in [3.63, 3.8) is 0 Å². The molecule has 0 unspecified atom stereocenters. The largest absolute Gasteiger partial charge is 0.363 e. The van der Waals surface area contributed by atoms with E-state index in [4.69, 9.17) is 0 Å². The molecule has 0 aliphatic carbocycles. The Morgan fingerprint density at radius 1 is 1.14 bits per heavy atom. The maximum absolute atomic E-state index is 13.0. The minimum Gasteiger partial charge on any atom is -0.363 e. The van der Waals surface area contributed by atoms with Gasteiger partial charge in [-0.2, -0.15) is 0 Å². The van der Waals surface area contributed by atoms with Crippen molar-refractivity contribution in [2.24, 2.45) is 0 Å². The Hall–Kier alpha value is -2.73. The van der Waals surface area contributed by atoms with Crippen LogP contribution in [0, 0.1) is 0 Å². The Morgan fingerprint density at radius 2 is 1.89 bits per heavy atom. The van der Waals surface area contributed by atoms with E-state index in [1.54, 1.807) is 17.0 Å². The number of aromatic nitrogens is 3. The number of fused-ring (bicyclic) bond motifs is 1. The van der Waals surface area contributed by atoms with E-state index in [-0.39, 0.29) is 17.6 Å². The molecule has 0 bridgehead atoms. The second-order valence-corrected chi connectivity index (χ2v) is 7.77. The van der Waals surface area contributed by atoms with Crippen molar-refractivity contribution < 1.29 is 0 Å². The highest BCUT2D eigenvalue weighted by Crippen LogP contribution is 2.19. The fraction of sp³-hybridized carbons (Fsp3) is 0.409. The summed E-state index contributed by atoms with van der Waals surface area (Å²) < 4.78 is 1.78. The molecule has 0 saturated carbocycles. The van der Waals surface area contributed by atoms with Crippen LogP contribution in [0.3, 0.4) is 0 Å². The first-order valence-corrected chi connectivity index (χ1v) is 10.0. The first-order chi connectivity index (χ1) is 13.6. The second-order valence-electron chi connectivity index (χ2n) is 7.77. The number of nitrogens with one attached hydrogen (secondary N) is 1. The zero-order chi connectivity index (χ0) is 19.5. The molecule has 1 aliphatic heterocycles. The van der Waals surface area contributed by atoms with Crippen molar-refractivity contribution in [1.29, 1.82) is 0 Å². The molecule has 1 N–H and O–H groups in total. The highest BCUT2D eigenvalue weighted by atomic mass is 16.1. The molecule has 1 fully saturated rings. The van der Waals surface area contributed by atoms with Gasteiger partial charge in [-0.05, 0) is 38.3 Å². The van der Waals surface area contributed by atoms with Crippen molar-refractivity contribution in [3.8, 4) is 0 Å². The van der Waals surface area contributed by atoms with Gasteiger partial charge < -0.3 is 5.32 Å². The van der Waals surface area contributed by atoms with Crippen molar-refractivity contribution in [3.05, 3.63) is 64.7 Å². The molecular weight excluding hydrogens is 350 g/mol. The normalized spacial score (nSPS) is 16.0. The maximum atomic E-state index is 13.0. The summed E-state index contributed by atoms with van der Waals surface area (Å²) >= 11 is 0. The molecule has 3 aromatic rings. The molecule has 146 valence electrons. The second kappa shape index (κ2) is 8.10. The van der Waals surface area contributed by atoms with Crippen molar-refractivity contribution in [2.45, 2.75) is 45.3 Å². The summed E-state index contributed by atoms with van der Waals surface area (Å²) in [4.78, 5) is 24.2. The predicted octanol–water partition coefficient (Wildman–Crippen LogP) is 3.45. The number of benzene rings is 1. The first-order valence-electron chi connectivity index (χ1n) is 10.0. The van der Waals surface area contributed by atoms with Gasteiger partial charge in [0.1, 0.15) is 0 Å². The van der Waals surface area contributed by atoms with Gasteiger partial charge >= 0.3 is 0 Å². The van der Waals surface area contributed by atoms with E-state index in [2.05, 4.69) is 50.5 Å². The van der Waals surface area contributed by atoms with E-state index >= 15 is 0 Å². The molecule has 1 aromatic carbocycles. The van der Waals surface area contributed by atoms with E-state index in [1.807, 2.05) is 19.9 Å². The van der Waals surface area contributed by atoms with Gasteiger partial charge in [0.15, 0.2) is 5.82 Å². The van der Waals surface area contributed by atoms with E-state index in [0.717, 1.165) is 43.5 Å². The summed E-state index contributed by atoms with van der Waals surface area (Å²) in [5.41, 5.74) is 2.86. The van der Waals surface area contributed by atoms with Crippen LogP contribution in [0.4, 0.5) is 5.82 Å². The molecule has 1 aliphatic rings. The Bertz CT molecular complexity index is 991. The number of rotatable bonds is 5. The van der Waals surface area contributed by atoms with Gasteiger partial charge in [-0.15, -0.1) is 0 Å². The number of hydrogen-bond acceptors (Lipinski definition) is 5. The van der Waals surface area contributed by atoms with Gasteiger partial charge in [-0.25, -0.2) is 4.98 Å². The number of hydrogen-bond donors (Lipinski definition) is 1. The highest BCUT2D eigenvalue weighted by Gasteiger charge is 2.22. The third-order valence-corrected chi connectivity index (χ3v) is 5.38. The van der Waals surface area contributed by atoms with E-state index < -0.39 is 0 Å². The van der Waals surface area contributed by atoms with Crippen LogP contribution >= 0.6 is 0 Å². The van der Waals surface area contributed by atoms with Crippen LogP contribution in [0.25, 0.3) is 11.0 Å². The monoisotopic (exact) mass is 377 g/mol. The molecule has 1 saturated heterocycles. The van der Waals surface area contributed by atoms with Gasteiger partial charge in [-0.1, -0.05) is 30.3 Å². The van der Waals surface area contributed by atoms with Crippen LogP contribution in [0.2, 0.25) is 0 Å².